The Bertz CT molecular complexity index is 3840. The van der Waals surface area contributed by atoms with E-state index in [9.17, 15) is 0 Å². The minimum absolute atomic E-state index is 0.882. The van der Waals surface area contributed by atoms with E-state index in [4.69, 9.17) is 0 Å². The van der Waals surface area contributed by atoms with Crippen molar-refractivity contribution >= 4 is 75.7 Å². The monoisotopic (exact) mass is 732 g/mol. The number of fused-ring (bicyclic) bond motifs is 13. The molecule has 0 N–H and O–H groups in total. The van der Waals surface area contributed by atoms with Gasteiger partial charge in [0.25, 0.3) is 0 Å². The Balaban J connectivity index is 1.19. The van der Waals surface area contributed by atoms with Crippen molar-refractivity contribution in [2.75, 3.05) is 0 Å². The van der Waals surface area contributed by atoms with Gasteiger partial charge in [-0.2, -0.15) is 20.4 Å². The van der Waals surface area contributed by atoms with Gasteiger partial charge in [-0.1, -0.05) is 121 Å². The highest BCUT2D eigenvalue weighted by Gasteiger charge is 2.29. The summed E-state index contributed by atoms with van der Waals surface area (Å²) in [6.45, 7) is 0. The van der Waals surface area contributed by atoms with Gasteiger partial charge in [-0.05, 0) is 140 Å². The van der Waals surface area contributed by atoms with Crippen LogP contribution in [-0.4, -0.2) is 20.4 Å². The lowest BCUT2D eigenvalue weighted by molar-refractivity contribution is 1.08. The van der Waals surface area contributed by atoms with Crippen molar-refractivity contribution in [1.82, 2.24) is 20.4 Å². The first kappa shape index (κ1) is 30.4. The number of rotatable bonds is 2. The molecule has 0 fully saturated rings. The van der Waals surface area contributed by atoms with E-state index in [1.165, 1.54) is 104 Å². The minimum Gasteiger partial charge on any atom is -0.158 e. The summed E-state index contributed by atoms with van der Waals surface area (Å²) in [6.07, 6.45) is 3.92. The molecule has 58 heavy (non-hydrogen) atoms. The fourth-order valence-electron chi connectivity index (χ4n) is 10.6. The summed E-state index contributed by atoms with van der Waals surface area (Å²) in [5.41, 5.74) is 16.4. The molecule has 2 aliphatic carbocycles. The van der Waals surface area contributed by atoms with Gasteiger partial charge in [-0.25, -0.2) is 0 Å². The molecule has 0 saturated heterocycles. The first-order valence-electron chi connectivity index (χ1n) is 19.8. The molecular formula is C54H28N4. The largest absolute Gasteiger partial charge is 0.158 e. The first-order chi connectivity index (χ1) is 28.8. The molecule has 264 valence electrons. The van der Waals surface area contributed by atoms with Crippen LogP contribution in [0.2, 0.25) is 0 Å². The number of aromatic nitrogens is 4. The molecule has 0 atom stereocenters. The van der Waals surface area contributed by atoms with Crippen molar-refractivity contribution in [3.63, 3.8) is 0 Å². The van der Waals surface area contributed by atoms with Crippen molar-refractivity contribution < 1.29 is 0 Å². The standard InChI is InChI=1S/C54H28N4/c1-3-19-49-32(13-1)47(27-55-57-49)45-24-39-31(40-23-41-34-15-5-9-29-10-6-16-35(51(29)34)42(41)25-44(40)45)21-22-37-43(39)26-46-36-17-7-11-30-12-8-18-38(52(30)36)54(46)53(37)48-28-56-58-50-20-4-2-14-33(48)50/h1-28H. The van der Waals surface area contributed by atoms with E-state index in [0.29, 0.717) is 0 Å². The molecule has 2 aliphatic rings. The molecule has 0 spiro atoms. The highest BCUT2D eigenvalue weighted by atomic mass is 15.1. The van der Waals surface area contributed by atoms with Gasteiger partial charge in [-0.15, -0.1) is 0 Å². The highest BCUT2D eigenvalue weighted by Crippen LogP contribution is 2.56. The van der Waals surface area contributed by atoms with E-state index in [-0.39, 0.29) is 0 Å². The molecule has 0 saturated carbocycles. The van der Waals surface area contributed by atoms with Gasteiger partial charge < -0.3 is 0 Å². The maximum absolute atomic E-state index is 4.61. The predicted molar refractivity (Wildman–Crippen MR) is 240 cm³/mol. The molecule has 2 heterocycles. The first-order valence-corrected chi connectivity index (χ1v) is 19.8. The van der Waals surface area contributed by atoms with Crippen molar-refractivity contribution in [2.24, 2.45) is 0 Å². The molecule has 12 aromatic rings. The number of benzene rings is 10. The van der Waals surface area contributed by atoms with Crippen LogP contribution < -0.4 is 0 Å². The quantitative estimate of drug-likeness (QED) is 0.166. The van der Waals surface area contributed by atoms with Crippen LogP contribution in [0.25, 0.3) is 142 Å². The number of hydrogen-bond acceptors (Lipinski definition) is 4. The Labute approximate surface area is 331 Å². The highest BCUT2D eigenvalue weighted by molar-refractivity contribution is 6.30. The van der Waals surface area contributed by atoms with Crippen LogP contribution in [0.5, 0.6) is 0 Å². The molecule has 14 rings (SSSR count). The summed E-state index contributed by atoms with van der Waals surface area (Å²) in [7, 11) is 0. The van der Waals surface area contributed by atoms with E-state index in [1.54, 1.807) is 0 Å². The molecular weight excluding hydrogens is 705 g/mol. The van der Waals surface area contributed by atoms with Crippen LogP contribution in [0.3, 0.4) is 0 Å². The average Bonchev–Trinajstić information content (AvgIpc) is 3.78. The summed E-state index contributed by atoms with van der Waals surface area (Å²) in [5, 5.41) is 32.9. The fourth-order valence-corrected chi connectivity index (χ4v) is 10.6. The van der Waals surface area contributed by atoms with E-state index >= 15 is 0 Å². The predicted octanol–water partition coefficient (Wildman–Crippen LogP) is 14.0. The van der Waals surface area contributed by atoms with Crippen LogP contribution in [0.1, 0.15) is 0 Å². The van der Waals surface area contributed by atoms with Gasteiger partial charge in [0.2, 0.25) is 0 Å². The zero-order valence-electron chi connectivity index (χ0n) is 31.0. The summed E-state index contributed by atoms with van der Waals surface area (Å²) >= 11 is 0. The Morgan fingerprint density at radius 1 is 0.259 bits per heavy atom. The SMILES string of the molecule is c1cc2c3c(cccc3c1)-c1cc3c(cc1-2)c(-c1cnnc2ccccc12)cc1c2cc4c(c(-c5cnnc6ccccc56)c2ccc31)-c1cccc2cccc-4c12. The Kier molecular flexibility index (Phi) is 5.73. The summed E-state index contributed by atoms with van der Waals surface area (Å²) < 4.78 is 0. The van der Waals surface area contributed by atoms with Crippen molar-refractivity contribution in [2.45, 2.75) is 0 Å². The zero-order valence-corrected chi connectivity index (χ0v) is 31.0. The van der Waals surface area contributed by atoms with Crippen molar-refractivity contribution in [3.05, 3.63) is 170 Å². The Morgan fingerprint density at radius 2 is 0.741 bits per heavy atom. The van der Waals surface area contributed by atoms with Crippen LogP contribution >= 0.6 is 0 Å². The van der Waals surface area contributed by atoms with Crippen LogP contribution in [0, 0.1) is 0 Å². The third-order valence-corrected chi connectivity index (χ3v) is 13.0. The van der Waals surface area contributed by atoms with Gasteiger partial charge in [0.1, 0.15) is 0 Å². The zero-order chi connectivity index (χ0) is 37.6. The molecule has 2 aromatic heterocycles. The van der Waals surface area contributed by atoms with Gasteiger partial charge in [0, 0.05) is 27.5 Å². The second kappa shape index (κ2) is 10.9. The van der Waals surface area contributed by atoms with E-state index in [2.05, 4.69) is 166 Å². The van der Waals surface area contributed by atoms with Crippen LogP contribution in [0.4, 0.5) is 0 Å². The lowest BCUT2D eigenvalue weighted by Crippen LogP contribution is -1.95. The van der Waals surface area contributed by atoms with Crippen LogP contribution in [0.15, 0.2) is 170 Å². The van der Waals surface area contributed by atoms with Gasteiger partial charge in [-0.3, -0.25) is 0 Å². The maximum Gasteiger partial charge on any atom is 0.0935 e. The Hall–Kier alpha value is -7.82. The number of hydrogen-bond donors (Lipinski definition) is 0. The summed E-state index contributed by atoms with van der Waals surface area (Å²) in [5.74, 6) is 0. The minimum atomic E-state index is 0.882. The lowest BCUT2D eigenvalue weighted by Gasteiger charge is -2.20. The lowest BCUT2D eigenvalue weighted by atomic mass is 9.83. The Morgan fingerprint density at radius 3 is 1.43 bits per heavy atom. The van der Waals surface area contributed by atoms with Gasteiger partial charge >= 0.3 is 0 Å². The molecule has 0 radical (unpaired) electrons. The smallest absolute Gasteiger partial charge is 0.0935 e. The summed E-state index contributed by atoms with van der Waals surface area (Å²) in [4.78, 5) is 0. The third kappa shape index (κ3) is 3.84. The third-order valence-electron chi connectivity index (χ3n) is 13.0. The van der Waals surface area contributed by atoms with Crippen molar-refractivity contribution in [3.8, 4) is 66.8 Å². The van der Waals surface area contributed by atoms with Crippen molar-refractivity contribution in [1.29, 1.82) is 0 Å². The second-order valence-electron chi connectivity index (χ2n) is 15.8. The molecule has 0 unspecified atom stereocenters. The fraction of sp³-hybridized carbons (Fsp3) is 0. The van der Waals surface area contributed by atoms with E-state index in [0.717, 1.165) is 38.5 Å². The van der Waals surface area contributed by atoms with Gasteiger partial charge in [0.15, 0.2) is 0 Å². The summed E-state index contributed by atoms with van der Waals surface area (Å²) in [6, 6.07) is 58.1. The van der Waals surface area contributed by atoms with E-state index < -0.39 is 0 Å². The molecule has 0 aliphatic heterocycles. The maximum atomic E-state index is 4.61. The average molecular weight is 733 g/mol. The molecule has 0 amide bonds. The molecule has 10 aromatic carbocycles. The normalized spacial score (nSPS) is 12.5. The molecule has 0 bridgehead atoms. The van der Waals surface area contributed by atoms with Crippen LogP contribution in [-0.2, 0) is 0 Å². The topological polar surface area (TPSA) is 51.6 Å². The van der Waals surface area contributed by atoms with Gasteiger partial charge in [0.05, 0.1) is 23.4 Å². The molecule has 4 nitrogen and oxygen atoms in total. The van der Waals surface area contributed by atoms with E-state index in [1.807, 2.05) is 24.5 Å². The second-order valence-corrected chi connectivity index (χ2v) is 15.8. The number of nitrogens with zero attached hydrogens (tertiary/aromatic N) is 4. The molecule has 4 heteroatoms.